The van der Waals surface area contributed by atoms with E-state index in [2.05, 4.69) is 15.5 Å². The van der Waals surface area contributed by atoms with Crippen molar-refractivity contribution in [2.45, 2.75) is 62.1 Å². The van der Waals surface area contributed by atoms with Crippen LogP contribution in [0.25, 0.3) is 11.5 Å². The van der Waals surface area contributed by atoms with Crippen LogP contribution in [0.1, 0.15) is 46.0 Å². The molecule has 0 atom stereocenters. The number of aromatic nitrogens is 2. The first-order valence-electron chi connectivity index (χ1n) is 10.3. The van der Waals surface area contributed by atoms with Crippen LogP contribution in [0, 0.1) is 0 Å². The number of hydrogen-bond acceptors (Lipinski definition) is 7. The first-order valence-corrected chi connectivity index (χ1v) is 12.7. The van der Waals surface area contributed by atoms with Gasteiger partial charge in [-0.1, -0.05) is 44.9 Å². The Kier molecular flexibility index (Phi) is 7.90. The molecular formula is C20H28N4O4S2. The fourth-order valence-electron chi connectivity index (χ4n) is 3.51. The Hall–Kier alpha value is -1.91. The molecule has 1 saturated carbocycles. The third kappa shape index (κ3) is 5.61. The fourth-order valence-corrected chi connectivity index (χ4v) is 5.54. The minimum atomic E-state index is -3.51. The number of hydrogen-bond donors (Lipinski definition) is 1. The highest BCUT2D eigenvalue weighted by Crippen LogP contribution is 2.25. The van der Waals surface area contributed by atoms with Crippen molar-refractivity contribution in [3.05, 3.63) is 24.3 Å². The van der Waals surface area contributed by atoms with E-state index in [0.717, 1.165) is 12.8 Å². The maximum atomic E-state index is 12.6. The summed E-state index contributed by atoms with van der Waals surface area (Å²) in [5.74, 6) is 0.480. The maximum absolute atomic E-state index is 12.6. The van der Waals surface area contributed by atoms with Crippen molar-refractivity contribution in [1.29, 1.82) is 0 Å². The predicted octanol–water partition coefficient (Wildman–Crippen LogP) is 3.31. The monoisotopic (exact) mass is 452 g/mol. The van der Waals surface area contributed by atoms with Crippen LogP contribution in [0.4, 0.5) is 0 Å². The van der Waals surface area contributed by atoms with Gasteiger partial charge in [-0.2, -0.15) is 4.31 Å². The van der Waals surface area contributed by atoms with Crippen LogP contribution in [0.3, 0.4) is 0 Å². The summed E-state index contributed by atoms with van der Waals surface area (Å²) in [6.07, 6.45) is 5.66. The van der Waals surface area contributed by atoms with Crippen LogP contribution in [0.5, 0.6) is 0 Å². The van der Waals surface area contributed by atoms with Crippen LogP contribution in [0.15, 0.2) is 38.8 Å². The highest BCUT2D eigenvalue weighted by molar-refractivity contribution is 7.99. The average Bonchev–Trinajstić information content (AvgIpc) is 3.23. The molecule has 1 aromatic carbocycles. The van der Waals surface area contributed by atoms with Crippen molar-refractivity contribution < 1.29 is 17.6 Å². The summed E-state index contributed by atoms with van der Waals surface area (Å²) in [4.78, 5) is 12.3. The molecule has 0 bridgehead atoms. The number of carbonyl (C=O) groups is 1. The van der Waals surface area contributed by atoms with Crippen LogP contribution in [0.2, 0.25) is 0 Å². The molecule has 8 nitrogen and oxygen atoms in total. The average molecular weight is 453 g/mol. The molecule has 1 heterocycles. The van der Waals surface area contributed by atoms with Crippen molar-refractivity contribution >= 4 is 27.7 Å². The quantitative estimate of drug-likeness (QED) is 0.582. The van der Waals surface area contributed by atoms with Crippen molar-refractivity contribution in [2.24, 2.45) is 0 Å². The number of benzene rings is 1. The molecule has 164 valence electrons. The summed E-state index contributed by atoms with van der Waals surface area (Å²) in [6, 6.07) is 6.65. The van der Waals surface area contributed by atoms with Crippen LogP contribution in [-0.2, 0) is 14.8 Å². The van der Waals surface area contributed by atoms with E-state index in [4.69, 9.17) is 4.42 Å². The Morgan fingerprint density at radius 3 is 2.43 bits per heavy atom. The molecule has 1 amide bonds. The predicted molar refractivity (Wildman–Crippen MR) is 116 cm³/mol. The van der Waals surface area contributed by atoms with E-state index in [1.807, 2.05) is 13.8 Å². The van der Waals surface area contributed by atoms with Gasteiger partial charge in [-0.3, -0.25) is 4.79 Å². The van der Waals surface area contributed by atoms with E-state index >= 15 is 0 Å². The zero-order valence-electron chi connectivity index (χ0n) is 17.3. The van der Waals surface area contributed by atoms with Crippen molar-refractivity contribution in [3.8, 4) is 11.5 Å². The van der Waals surface area contributed by atoms with Crippen molar-refractivity contribution in [3.63, 3.8) is 0 Å². The molecule has 30 heavy (non-hydrogen) atoms. The normalized spacial score (nSPS) is 15.4. The molecule has 1 N–H and O–H groups in total. The van der Waals surface area contributed by atoms with Gasteiger partial charge in [0.05, 0.1) is 10.6 Å². The lowest BCUT2D eigenvalue weighted by atomic mass is 9.95. The summed E-state index contributed by atoms with van der Waals surface area (Å²) in [5, 5.41) is 11.4. The summed E-state index contributed by atoms with van der Waals surface area (Å²) in [5.41, 5.74) is 0.625. The Labute approximate surface area is 181 Å². The highest BCUT2D eigenvalue weighted by atomic mass is 32.2. The largest absolute Gasteiger partial charge is 0.411 e. The molecule has 1 fully saturated rings. The number of nitrogens with zero attached hydrogens (tertiary/aromatic N) is 3. The lowest BCUT2D eigenvalue weighted by Gasteiger charge is -2.22. The number of rotatable bonds is 9. The second-order valence-corrected chi connectivity index (χ2v) is 10.0. The van der Waals surface area contributed by atoms with Gasteiger partial charge in [0.15, 0.2) is 0 Å². The number of thioether (sulfide) groups is 1. The van der Waals surface area contributed by atoms with E-state index in [1.54, 1.807) is 12.1 Å². The highest BCUT2D eigenvalue weighted by Gasteiger charge is 2.22. The van der Waals surface area contributed by atoms with E-state index in [-0.39, 0.29) is 28.5 Å². The first-order chi connectivity index (χ1) is 14.4. The second kappa shape index (κ2) is 10.4. The molecule has 1 aliphatic rings. The number of carbonyl (C=O) groups excluding carboxylic acids is 1. The first kappa shape index (κ1) is 22.8. The standard InChI is InChI=1S/C20H28N4O4S2/c1-3-24(4-2)30(26,27)17-12-10-15(11-13-17)19-22-23-20(28-19)29-14-18(25)21-16-8-6-5-7-9-16/h10-13,16H,3-9,14H2,1-2H3,(H,21,25). The van der Waals surface area contributed by atoms with Crippen LogP contribution >= 0.6 is 11.8 Å². The number of nitrogens with one attached hydrogen (secondary N) is 1. The van der Waals surface area contributed by atoms with E-state index in [0.29, 0.717) is 23.9 Å². The molecular weight excluding hydrogens is 424 g/mol. The SMILES string of the molecule is CCN(CC)S(=O)(=O)c1ccc(-c2nnc(SCC(=O)NC3CCCCC3)o2)cc1. The van der Waals surface area contributed by atoms with E-state index in [9.17, 15) is 13.2 Å². The third-order valence-electron chi connectivity index (χ3n) is 5.15. The molecule has 0 aliphatic heterocycles. The third-order valence-corrected chi connectivity index (χ3v) is 8.03. The van der Waals surface area contributed by atoms with Gasteiger partial charge in [-0.05, 0) is 37.1 Å². The van der Waals surface area contributed by atoms with E-state index in [1.165, 1.54) is 47.5 Å². The van der Waals surface area contributed by atoms with Crippen molar-refractivity contribution in [2.75, 3.05) is 18.8 Å². The van der Waals surface area contributed by atoms with Crippen molar-refractivity contribution in [1.82, 2.24) is 19.8 Å². The molecule has 10 heteroatoms. The molecule has 0 unspecified atom stereocenters. The zero-order chi connectivity index (χ0) is 21.6. The molecule has 3 rings (SSSR count). The summed E-state index contributed by atoms with van der Waals surface area (Å²) < 4.78 is 32.2. The van der Waals surface area contributed by atoms with Gasteiger partial charge >= 0.3 is 0 Å². The molecule has 1 aliphatic carbocycles. The fraction of sp³-hybridized carbons (Fsp3) is 0.550. The Morgan fingerprint density at radius 1 is 1.13 bits per heavy atom. The summed E-state index contributed by atoms with van der Waals surface area (Å²) in [6.45, 7) is 4.45. The van der Waals surface area contributed by atoms with Gasteiger partial charge in [0.25, 0.3) is 5.22 Å². The molecule has 2 aromatic rings. The molecule has 1 aromatic heterocycles. The van der Waals surface area contributed by atoms with E-state index < -0.39 is 10.0 Å². The Morgan fingerprint density at radius 2 is 1.80 bits per heavy atom. The molecule has 0 radical (unpaired) electrons. The van der Waals surface area contributed by atoms with Gasteiger partial charge in [0, 0.05) is 24.7 Å². The second-order valence-electron chi connectivity index (χ2n) is 7.18. The Balaban J connectivity index is 1.58. The summed E-state index contributed by atoms with van der Waals surface area (Å²) in [7, 11) is -3.51. The number of amides is 1. The maximum Gasteiger partial charge on any atom is 0.277 e. The summed E-state index contributed by atoms with van der Waals surface area (Å²) >= 11 is 1.20. The number of sulfonamides is 1. The van der Waals surface area contributed by atoms with Crippen LogP contribution in [-0.4, -0.2) is 53.7 Å². The zero-order valence-corrected chi connectivity index (χ0v) is 19.0. The van der Waals surface area contributed by atoms with Gasteiger partial charge in [-0.15, -0.1) is 10.2 Å². The van der Waals surface area contributed by atoms with Gasteiger partial charge in [0.2, 0.25) is 21.8 Å². The van der Waals surface area contributed by atoms with Gasteiger partial charge < -0.3 is 9.73 Å². The topological polar surface area (TPSA) is 105 Å². The lowest BCUT2D eigenvalue weighted by Crippen LogP contribution is -2.37. The van der Waals surface area contributed by atoms with Crippen LogP contribution < -0.4 is 5.32 Å². The molecule has 0 spiro atoms. The smallest absolute Gasteiger partial charge is 0.277 e. The molecule has 0 saturated heterocycles. The van der Waals surface area contributed by atoms with Gasteiger partial charge in [-0.25, -0.2) is 8.42 Å². The minimum absolute atomic E-state index is 0.0300. The van der Waals surface area contributed by atoms with Gasteiger partial charge in [0.1, 0.15) is 0 Å². The Bertz CT molecular complexity index is 934. The lowest BCUT2D eigenvalue weighted by molar-refractivity contribution is -0.119. The minimum Gasteiger partial charge on any atom is -0.411 e.